The smallest absolute Gasteiger partial charge is 0.142 e. The number of thioether (sulfide) groups is 1. The maximum absolute atomic E-state index is 8.50. The standard InChI is InChI=1S/C9H16N4OS/c1-6(9(10)12-14)5-15-8-4-7(2)11-13(8)3/h4,6,14H,5H2,1-3H3,(H2,10,12). The molecule has 0 aliphatic heterocycles. The highest BCUT2D eigenvalue weighted by Crippen LogP contribution is 2.20. The van der Waals surface area contributed by atoms with E-state index in [1.54, 1.807) is 11.8 Å². The summed E-state index contributed by atoms with van der Waals surface area (Å²) in [4.78, 5) is 0. The van der Waals surface area contributed by atoms with Crippen LogP contribution in [0.2, 0.25) is 0 Å². The summed E-state index contributed by atoms with van der Waals surface area (Å²) >= 11 is 1.65. The fourth-order valence-corrected chi connectivity index (χ4v) is 2.19. The lowest BCUT2D eigenvalue weighted by Crippen LogP contribution is -2.23. The monoisotopic (exact) mass is 228 g/mol. The van der Waals surface area contributed by atoms with Crippen molar-refractivity contribution in [3.63, 3.8) is 0 Å². The van der Waals surface area contributed by atoms with Crippen LogP contribution in [0.5, 0.6) is 0 Å². The average Bonchev–Trinajstić information content (AvgIpc) is 2.52. The van der Waals surface area contributed by atoms with E-state index in [9.17, 15) is 0 Å². The molecule has 1 unspecified atom stereocenters. The molecule has 0 saturated heterocycles. The van der Waals surface area contributed by atoms with Crippen LogP contribution in [0.3, 0.4) is 0 Å². The van der Waals surface area contributed by atoms with Crippen molar-refractivity contribution in [3.05, 3.63) is 11.8 Å². The van der Waals surface area contributed by atoms with Gasteiger partial charge < -0.3 is 10.9 Å². The summed E-state index contributed by atoms with van der Waals surface area (Å²) < 4.78 is 1.83. The number of nitrogens with two attached hydrogens (primary N) is 1. The van der Waals surface area contributed by atoms with E-state index in [2.05, 4.69) is 10.3 Å². The van der Waals surface area contributed by atoms with E-state index >= 15 is 0 Å². The number of nitrogens with zero attached hydrogens (tertiary/aromatic N) is 3. The van der Waals surface area contributed by atoms with E-state index < -0.39 is 0 Å². The SMILES string of the molecule is Cc1cc(SCC(C)C(N)=NO)n(C)n1. The molecule has 1 heterocycles. The van der Waals surface area contributed by atoms with Gasteiger partial charge in [0.1, 0.15) is 5.84 Å². The van der Waals surface area contributed by atoms with Gasteiger partial charge in [-0.2, -0.15) is 5.10 Å². The Hall–Kier alpha value is -1.17. The normalized spacial score (nSPS) is 14.2. The van der Waals surface area contributed by atoms with Crippen molar-refractivity contribution < 1.29 is 5.21 Å². The van der Waals surface area contributed by atoms with Gasteiger partial charge in [0.15, 0.2) is 0 Å². The highest BCUT2D eigenvalue weighted by Gasteiger charge is 2.10. The number of hydrogen-bond donors (Lipinski definition) is 2. The highest BCUT2D eigenvalue weighted by atomic mass is 32.2. The first-order chi connectivity index (χ1) is 7.04. The fourth-order valence-electron chi connectivity index (χ4n) is 1.12. The van der Waals surface area contributed by atoms with E-state index in [1.807, 2.05) is 31.6 Å². The first-order valence-electron chi connectivity index (χ1n) is 4.65. The van der Waals surface area contributed by atoms with Crippen LogP contribution < -0.4 is 5.73 Å². The average molecular weight is 228 g/mol. The van der Waals surface area contributed by atoms with E-state index in [-0.39, 0.29) is 11.8 Å². The van der Waals surface area contributed by atoms with Crippen LogP contribution in [0, 0.1) is 12.8 Å². The van der Waals surface area contributed by atoms with E-state index in [0.29, 0.717) is 0 Å². The Kier molecular flexibility index (Phi) is 4.02. The Morgan fingerprint density at radius 3 is 2.93 bits per heavy atom. The maximum atomic E-state index is 8.50. The van der Waals surface area contributed by atoms with Gasteiger partial charge in [-0.05, 0) is 13.0 Å². The molecular weight excluding hydrogens is 212 g/mol. The first kappa shape index (κ1) is 11.9. The lowest BCUT2D eigenvalue weighted by Gasteiger charge is -2.08. The molecule has 0 spiro atoms. The molecule has 0 aromatic carbocycles. The predicted molar refractivity (Wildman–Crippen MR) is 61.2 cm³/mol. The molecule has 5 nitrogen and oxygen atoms in total. The summed E-state index contributed by atoms with van der Waals surface area (Å²) in [6, 6.07) is 2.02. The topological polar surface area (TPSA) is 76.4 Å². The van der Waals surface area contributed by atoms with Crippen LogP contribution in [0.15, 0.2) is 16.2 Å². The number of aryl methyl sites for hydroxylation is 2. The van der Waals surface area contributed by atoms with E-state index in [4.69, 9.17) is 10.9 Å². The lowest BCUT2D eigenvalue weighted by atomic mass is 10.2. The summed E-state index contributed by atoms with van der Waals surface area (Å²) in [7, 11) is 1.91. The molecule has 84 valence electrons. The van der Waals surface area contributed by atoms with Gasteiger partial charge in [0.25, 0.3) is 0 Å². The van der Waals surface area contributed by atoms with Crippen molar-refractivity contribution >= 4 is 17.6 Å². The molecular formula is C9H16N4OS. The minimum Gasteiger partial charge on any atom is -0.409 e. The predicted octanol–water partition coefficient (Wildman–Crippen LogP) is 1.20. The molecule has 0 radical (unpaired) electrons. The Bertz CT molecular complexity index is 361. The minimum atomic E-state index is 0.0511. The van der Waals surface area contributed by atoms with Crippen molar-refractivity contribution in [2.24, 2.45) is 23.9 Å². The summed E-state index contributed by atoms with van der Waals surface area (Å²) in [5.41, 5.74) is 6.48. The highest BCUT2D eigenvalue weighted by molar-refractivity contribution is 7.99. The molecule has 0 bridgehead atoms. The molecule has 1 aromatic heterocycles. The van der Waals surface area contributed by atoms with Crippen LogP contribution in [0.25, 0.3) is 0 Å². The molecule has 0 fully saturated rings. The third-order valence-corrected chi connectivity index (χ3v) is 3.41. The van der Waals surface area contributed by atoms with Gasteiger partial charge in [-0.1, -0.05) is 12.1 Å². The van der Waals surface area contributed by atoms with E-state index in [0.717, 1.165) is 16.5 Å². The molecule has 0 aliphatic carbocycles. The zero-order chi connectivity index (χ0) is 11.4. The fraction of sp³-hybridized carbons (Fsp3) is 0.556. The van der Waals surface area contributed by atoms with Gasteiger partial charge >= 0.3 is 0 Å². The summed E-state index contributed by atoms with van der Waals surface area (Å²) in [5, 5.41) is 16.8. The third-order valence-electron chi connectivity index (χ3n) is 2.06. The van der Waals surface area contributed by atoms with Crippen LogP contribution in [0.4, 0.5) is 0 Å². The number of amidine groups is 1. The van der Waals surface area contributed by atoms with Gasteiger partial charge in [0.05, 0.1) is 10.7 Å². The van der Waals surface area contributed by atoms with Crippen molar-refractivity contribution in [1.29, 1.82) is 0 Å². The van der Waals surface area contributed by atoms with Gasteiger partial charge in [-0.15, -0.1) is 11.8 Å². The summed E-state index contributed by atoms with van der Waals surface area (Å²) in [5.74, 6) is 1.09. The number of hydrogen-bond acceptors (Lipinski definition) is 4. The van der Waals surface area contributed by atoms with Crippen LogP contribution in [-0.2, 0) is 7.05 Å². The van der Waals surface area contributed by atoms with Crippen molar-refractivity contribution in [1.82, 2.24) is 9.78 Å². The lowest BCUT2D eigenvalue weighted by molar-refractivity contribution is 0.315. The second kappa shape index (κ2) is 5.06. The zero-order valence-electron chi connectivity index (χ0n) is 9.14. The molecule has 0 aliphatic rings. The van der Waals surface area contributed by atoms with Gasteiger partial charge in [0.2, 0.25) is 0 Å². The van der Waals surface area contributed by atoms with Crippen molar-refractivity contribution in [3.8, 4) is 0 Å². The Morgan fingerprint density at radius 1 is 1.80 bits per heavy atom. The van der Waals surface area contributed by atoms with Crippen LogP contribution in [0.1, 0.15) is 12.6 Å². The molecule has 1 atom stereocenters. The van der Waals surface area contributed by atoms with Crippen molar-refractivity contribution in [2.45, 2.75) is 18.9 Å². The Morgan fingerprint density at radius 2 is 2.47 bits per heavy atom. The van der Waals surface area contributed by atoms with Gasteiger partial charge in [0, 0.05) is 18.7 Å². The molecule has 6 heteroatoms. The molecule has 0 amide bonds. The van der Waals surface area contributed by atoms with Crippen LogP contribution in [-0.4, -0.2) is 26.6 Å². The largest absolute Gasteiger partial charge is 0.409 e. The number of aromatic nitrogens is 2. The molecule has 0 saturated carbocycles. The molecule has 15 heavy (non-hydrogen) atoms. The summed E-state index contributed by atoms with van der Waals surface area (Å²) in [6.07, 6.45) is 0. The van der Waals surface area contributed by atoms with Crippen LogP contribution >= 0.6 is 11.8 Å². The third kappa shape index (κ3) is 3.16. The summed E-state index contributed by atoms with van der Waals surface area (Å²) in [6.45, 7) is 3.88. The maximum Gasteiger partial charge on any atom is 0.142 e. The van der Waals surface area contributed by atoms with Crippen molar-refractivity contribution in [2.75, 3.05) is 5.75 Å². The molecule has 1 rings (SSSR count). The van der Waals surface area contributed by atoms with E-state index in [1.165, 1.54) is 0 Å². The number of rotatable bonds is 4. The van der Waals surface area contributed by atoms with Gasteiger partial charge in [-0.3, -0.25) is 4.68 Å². The first-order valence-corrected chi connectivity index (χ1v) is 5.64. The quantitative estimate of drug-likeness (QED) is 0.267. The van der Waals surface area contributed by atoms with Gasteiger partial charge in [-0.25, -0.2) is 0 Å². The second-order valence-electron chi connectivity index (χ2n) is 3.48. The Labute approximate surface area is 93.3 Å². The number of oxime groups is 1. The Balaban J connectivity index is 2.54. The second-order valence-corrected chi connectivity index (χ2v) is 4.52. The zero-order valence-corrected chi connectivity index (χ0v) is 9.95. The molecule has 3 N–H and O–H groups in total. The molecule has 1 aromatic rings. The minimum absolute atomic E-state index is 0.0511.